The van der Waals surface area contributed by atoms with Gasteiger partial charge >= 0.3 is 0 Å². The maximum atomic E-state index is 11.7. The van der Waals surface area contributed by atoms with E-state index in [0.717, 1.165) is 64.7 Å². The van der Waals surface area contributed by atoms with Gasteiger partial charge in [-0.25, -0.2) is 0 Å². The number of hydrogen-bond donors (Lipinski definition) is 1. The van der Waals surface area contributed by atoms with Crippen molar-refractivity contribution in [2.45, 2.75) is 32.9 Å². The highest BCUT2D eigenvalue weighted by Crippen LogP contribution is 2.30. The van der Waals surface area contributed by atoms with E-state index in [4.69, 9.17) is 4.99 Å². The van der Waals surface area contributed by atoms with Crippen LogP contribution < -0.4 is 5.32 Å². The first-order chi connectivity index (χ1) is 15.2. The van der Waals surface area contributed by atoms with E-state index < -0.39 is 0 Å². The van der Waals surface area contributed by atoms with E-state index in [2.05, 4.69) is 63.8 Å². The molecule has 0 spiro atoms. The number of piperazine rings is 1. The van der Waals surface area contributed by atoms with Gasteiger partial charge in [-0.3, -0.25) is 14.7 Å². The molecule has 0 bridgehead atoms. The minimum absolute atomic E-state index is 0.156. The number of thiophene rings is 1. The zero-order valence-corrected chi connectivity index (χ0v) is 19.4. The lowest BCUT2D eigenvalue weighted by Crippen LogP contribution is -2.53. The number of nitrogens with one attached hydrogen (secondary N) is 1. The van der Waals surface area contributed by atoms with Gasteiger partial charge in [0.15, 0.2) is 5.96 Å². The van der Waals surface area contributed by atoms with Crippen LogP contribution in [-0.4, -0.2) is 72.4 Å². The molecule has 1 aromatic heterocycles. The minimum atomic E-state index is 0.156. The lowest BCUT2D eigenvalue weighted by atomic mass is 10.0. The van der Waals surface area contributed by atoms with Gasteiger partial charge in [0.25, 0.3) is 0 Å². The maximum absolute atomic E-state index is 11.7. The summed E-state index contributed by atoms with van der Waals surface area (Å²) in [6.45, 7) is 10.5. The lowest BCUT2D eigenvalue weighted by Gasteiger charge is -2.37. The fourth-order valence-electron chi connectivity index (χ4n) is 4.48. The molecule has 0 aliphatic carbocycles. The van der Waals surface area contributed by atoms with Crippen molar-refractivity contribution >= 4 is 23.2 Å². The summed E-state index contributed by atoms with van der Waals surface area (Å²) in [6.07, 6.45) is 1.12. The van der Waals surface area contributed by atoms with Gasteiger partial charge in [0, 0.05) is 57.6 Å². The quantitative estimate of drug-likeness (QED) is 0.575. The third-order valence-electron chi connectivity index (χ3n) is 6.24. The Morgan fingerprint density at radius 3 is 2.55 bits per heavy atom. The van der Waals surface area contributed by atoms with Gasteiger partial charge in [-0.1, -0.05) is 30.3 Å². The molecule has 6 nitrogen and oxygen atoms in total. The van der Waals surface area contributed by atoms with Crippen LogP contribution in [0.3, 0.4) is 0 Å². The molecule has 7 heteroatoms. The Kier molecular flexibility index (Phi) is 7.25. The molecule has 2 aliphatic heterocycles. The molecule has 1 amide bonds. The number of benzene rings is 1. The van der Waals surface area contributed by atoms with Gasteiger partial charge in [-0.05, 0) is 35.9 Å². The molecule has 1 N–H and O–H groups in total. The Hall–Kier alpha value is -2.38. The van der Waals surface area contributed by atoms with Gasteiger partial charge < -0.3 is 15.1 Å². The van der Waals surface area contributed by atoms with Crippen LogP contribution in [-0.2, 0) is 17.8 Å². The van der Waals surface area contributed by atoms with E-state index in [-0.39, 0.29) is 11.9 Å². The van der Waals surface area contributed by atoms with Gasteiger partial charge in [0.2, 0.25) is 5.91 Å². The molecule has 1 aromatic carbocycles. The third kappa shape index (κ3) is 5.28. The molecule has 31 heavy (non-hydrogen) atoms. The second kappa shape index (κ2) is 10.3. The highest BCUT2D eigenvalue weighted by atomic mass is 32.1. The van der Waals surface area contributed by atoms with Crippen LogP contribution in [0.15, 0.2) is 46.8 Å². The fraction of sp³-hybridized carbons (Fsp3) is 0.500. The van der Waals surface area contributed by atoms with Crippen LogP contribution in [0.4, 0.5) is 0 Å². The van der Waals surface area contributed by atoms with Gasteiger partial charge in [-0.15, -0.1) is 11.3 Å². The Morgan fingerprint density at radius 2 is 1.84 bits per heavy atom. The highest BCUT2D eigenvalue weighted by Gasteiger charge is 2.26. The van der Waals surface area contributed by atoms with E-state index in [1.165, 1.54) is 16.0 Å². The molecule has 1 saturated heterocycles. The van der Waals surface area contributed by atoms with Crippen LogP contribution in [0.25, 0.3) is 0 Å². The number of nitrogens with zero attached hydrogens (tertiary/aromatic N) is 4. The molecule has 1 unspecified atom stereocenters. The van der Waals surface area contributed by atoms with Crippen molar-refractivity contribution in [3.8, 4) is 0 Å². The molecule has 166 valence electrons. The van der Waals surface area contributed by atoms with E-state index >= 15 is 0 Å². The van der Waals surface area contributed by atoms with Crippen molar-refractivity contribution < 1.29 is 4.79 Å². The second-order valence-corrected chi connectivity index (χ2v) is 9.20. The Labute approximate surface area is 189 Å². The molecule has 0 saturated carbocycles. The van der Waals surface area contributed by atoms with Crippen LogP contribution in [0.5, 0.6) is 0 Å². The number of carbonyl (C=O) groups is 1. The standard InChI is InChI=1S/C24H33N5OS/c1-3-25-24(28-14-12-27(13-15-28)19(2)30)26-17-22(20-7-5-4-6-8-20)29-11-9-23-21(18-29)10-16-31-23/h4-8,10,16,22H,3,9,11-15,17-18H2,1-2H3,(H,25,26). The number of rotatable bonds is 5. The second-order valence-electron chi connectivity index (χ2n) is 8.20. The molecular weight excluding hydrogens is 406 g/mol. The summed E-state index contributed by atoms with van der Waals surface area (Å²) in [5.74, 6) is 1.11. The first-order valence-electron chi connectivity index (χ1n) is 11.3. The van der Waals surface area contributed by atoms with E-state index in [1.54, 1.807) is 6.92 Å². The van der Waals surface area contributed by atoms with Crippen molar-refractivity contribution in [2.75, 3.05) is 45.8 Å². The fourth-order valence-corrected chi connectivity index (χ4v) is 5.36. The van der Waals surface area contributed by atoms with Crippen LogP contribution >= 0.6 is 11.3 Å². The van der Waals surface area contributed by atoms with E-state index in [0.29, 0.717) is 0 Å². The number of guanidine groups is 1. The summed E-state index contributed by atoms with van der Waals surface area (Å²) < 4.78 is 0. The molecule has 0 radical (unpaired) electrons. The van der Waals surface area contributed by atoms with Gasteiger partial charge in [0.05, 0.1) is 12.6 Å². The molecule has 2 aromatic rings. The molecular formula is C24H33N5OS. The number of hydrogen-bond acceptors (Lipinski definition) is 4. The zero-order valence-electron chi connectivity index (χ0n) is 18.6. The topological polar surface area (TPSA) is 51.2 Å². The number of aliphatic imine (C=N–C) groups is 1. The summed E-state index contributed by atoms with van der Waals surface area (Å²) in [7, 11) is 0. The smallest absolute Gasteiger partial charge is 0.219 e. The van der Waals surface area contributed by atoms with Gasteiger partial charge in [0.1, 0.15) is 0 Å². The Morgan fingerprint density at radius 1 is 1.10 bits per heavy atom. The predicted octanol–water partition coefficient (Wildman–Crippen LogP) is 2.98. The monoisotopic (exact) mass is 439 g/mol. The molecule has 1 atom stereocenters. The molecule has 1 fully saturated rings. The first kappa shape index (κ1) is 21.8. The van der Waals surface area contributed by atoms with Crippen LogP contribution in [0, 0.1) is 0 Å². The Bertz CT molecular complexity index is 888. The van der Waals surface area contributed by atoms with Crippen molar-refractivity contribution in [1.29, 1.82) is 0 Å². The average molecular weight is 440 g/mol. The minimum Gasteiger partial charge on any atom is -0.357 e. The predicted molar refractivity (Wildman–Crippen MR) is 127 cm³/mol. The van der Waals surface area contributed by atoms with E-state index in [9.17, 15) is 4.79 Å². The van der Waals surface area contributed by atoms with Gasteiger partial charge in [-0.2, -0.15) is 0 Å². The van der Waals surface area contributed by atoms with E-state index in [1.807, 2.05) is 16.2 Å². The van der Waals surface area contributed by atoms with Crippen LogP contribution in [0.1, 0.15) is 35.9 Å². The van der Waals surface area contributed by atoms with Crippen molar-refractivity contribution in [2.24, 2.45) is 4.99 Å². The van der Waals surface area contributed by atoms with Crippen molar-refractivity contribution in [3.63, 3.8) is 0 Å². The summed E-state index contributed by atoms with van der Waals surface area (Å²) in [5.41, 5.74) is 2.79. The SMILES string of the molecule is CCNC(=NCC(c1ccccc1)N1CCc2sccc2C1)N1CCN(C(C)=O)CC1. The average Bonchev–Trinajstić information content (AvgIpc) is 3.27. The Balaban J connectivity index is 1.51. The summed E-state index contributed by atoms with van der Waals surface area (Å²) in [4.78, 5) is 25.1. The normalized spacial score (nSPS) is 18.6. The first-order valence-corrected chi connectivity index (χ1v) is 12.2. The number of carbonyl (C=O) groups excluding carboxylic acids is 1. The maximum Gasteiger partial charge on any atom is 0.219 e. The molecule has 4 rings (SSSR count). The lowest BCUT2D eigenvalue weighted by molar-refractivity contribution is -0.130. The molecule has 2 aliphatic rings. The largest absolute Gasteiger partial charge is 0.357 e. The highest BCUT2D eigenvalue weighted by molar-refractivity contribution is 7.10. The van der Waals surface area contributed by atoms with Crippen molar-refractivity contribution in [3.05, 3.63) is 57.8 Å². The third-order valence-corrected chi connectivity index (χ3v) is 7.26. The number of amides is 1. The summed E-state index contributed by atoms with van der Waals surface area (Å²) in [5, 5.41) is 5.69. The summed E-state index contributed by atoms with van der Waals surface area (Å²) in [6, 6.07) is 13.3. The van der Waals surface area contributed by atoms with Crippen molar-refractivity contribution in [1.82, 2.24) is 20.0 Å². The zero-order chi connectivity index (χ0) is 21.6. The molecule has 3 heterocycles. The number of fused-ring (bicyclic) bond motifs is 1. The van der Waals surface area contributed by atoms with Crippen LogP contribution in [0.2, 0.25) is 0 Å². The summed E-state index contributed by atoms with van der Waals surface area (Å²) >= 11 is 1.88.